The predicted octanol–water partition coefficient (Wildman–Crippen LogP) is 9.27. The van der Waals surface area contributed by atoms with Crippen molar-refractivity contribution in [3.05, 3.63) is 150 Å². The van der Waals surface area contributed by atoms with Crippen LogP contribution in [-0.4, -0.2) is 4.57 Å². The fourth-order valence-corrected chi connectivity index (χ4v) is 6.25. The Hall–Kier alpha value is -6.92. The normalized spacial score (nSPS) is 10.6. The van der Waals surface area contributed by atoms with E-state index >= 15 is 0 Å². The average Bonchev–Trinajstić information content (AvgIpc) is 3.45. The Balaban J connectivity index is 1.62. The number of nitrogens with zero attached hydrogens (tertiary/aromatic N) is 5. The standard InChI is InChI=1S/C40H21N5/c41-22-29-11-4-12-30(23-42)38(29)28-18-19-36-35(21-28)40-34(39-31(24-43)13-5-14-32(39)25-44)16-7-17-37(40)45(36)33-15-6-10-27(20-33)26-8-2-1-3-9-26/h1-21H. The van der Waals surface area contributed by atoms with Crippen LogP contribution in [0, 0.1) is 45.3 Å². The Bertz CT molecular complexity index is 2410. The molecule has 6 aromatic carbocycles. The first kappa shape index (κ1) is 26.9. The van der Waals surface area contributed by atoms with Gasteiger partial charge in [-0.2, -0.15) is 21.0 Å². The lowest BCUT2D eigenvalue weighted by Gasteiger charge is -2.12. The van der Waals surface area contributed by atoms with Crippen LogP contribution in [0.15, 0.2) is 127 Å². The fourth-order valence-electron chi connectivity index (χ4n) is 6.25. The number of benzene rings is 6. The Morgan fingerprint density at radius 3 is 1.64 bits per heavy atom. The third-order valence-corrected chi connectivity index (χ3v) is 8.17. The van der Waals surface area contributed by atoms with E-state index in [2.05, 4.69) is 59.2 Å². The quantitative estimate of drug-likeness (QED) is 0.210. The summed E-state index contributed by atoms with van der Waals surface area (Å²) in [6.07, 6.45) is 0. The number of hydrogen-bond donors (Lipinski definition) is 0. The molecule has 45 heavy (non-hydrogen) atoms. The first-order chi connectivity index (χ1) is 22.2. The molecule has 0 unspecified atom stereocenters. The number of fused-ring (bicyclic) bond motifs is 3. The molecule has 0 radical (unpaired) electrons. The second-order valence-corrected chi connectivity index (χ2v) is 10.6. The molecule has 7 rings (SSSR count). The molecule has 7 aromatic rings. The van der Waals surface area contributed by atoms with Crippen molar-refractivity contribution in [2.24, 2.45) is 0 Å². The zero-order valence-electron chi connectivity index (χ0n) is 23.9. The number of hydrogen-bond acceptors (Lipinski definition) is 4. The third kappa shape index (κ3) is 4.38. The minimum atomic E-state index is 0.409. The van der Waals surface area contributed by atoms with Crippen molar-refractivity contribution in [3.63, 3.8) is 0 Å². The van der Waals surface area contributed by atoms with Crippen molar-refractivity contribution in [1.82, 2.24) is 4.57 Å². The predicted molar refractivity (Wildman–Crippen MR) is 176 cm³/mol. The van der Waals surface area contributed by atoms with E-state index in [1.165, 1.54) is 0 Å². The van der Waals surface area contributed by atoms with Gasteiger partial charge < -0.3 is 4.57 Å². The Labute approximate surface area is 259 Å². The molecular formula is C40H21N5. The Kier molecular flexibility index (Phi) is 6.62. The molecule has 0 aliphatic carbocycles. The molecule has 0 N–H and O–H groups in total. The summed E-state index contributed by atoms with van der Waals surface area (Å²) in [7, 11) is 0. The smallest absolute Gasteiger partial charge is 0.0998 e. The van der Waals surface area contributed by atoms with E-state index in [9.17, 15) is 21.0 Å². The molecule has 0 fully saturated rings. The van der Waals surface area contributed by atoms with E-state index < -0.39 is 0 Å². The summed E-state index contributed by atoms with van der Waals surface area (Å²) in [5.74, 6) is 0. The van der Waals surface area contributed by atoms with E-state index in [0.717, 1.165) is 49.7 Å². The highest BCUT2D eigenvalue weighted by Gasteiger charge is 2.21. The molecule has 0 aliphatic heterocycles. The lowest BCUT2D eigenvalue weighted by molar-refractivity contribution is 1.18. The summed E-state index contributed by atoms with van der Waals surface area (Å²) in [6, 6.07) is 49.8. The van der Waals surface area contributed by atoms with E-state index in [0.29, 0.717) is 33.4 Å². The van der Waals surface area contributed by atoms with Gasteiger partial charge in [0.1, 0.15) is 0 Å². The van der Waals surface area contributed by atoms with Gasteiger partial charge in [0.15, 0.2) is 0 Å². The molecule has 0 atom stereocenters. The molecule has 0 bridgehead atoms. The van der Waals surface area contributed by atoms with Crippen molar-refractivity contribution in [2.45, 2.75) is 0 Å². The topological polar surface area (TPSA) is 100 Å². The van der Waals surface area contributed by atoms with E-state index in [1.807, 2.05) is 60.7 Å². The van der Waals surface area contributed by atoms with Crippen LogP contribution in [0.3, 0.4) is 0 Å². The highest BCUT2D eigenvalue weighted by atomic mass is 15.0. The SMILES string of the molecule is N#Cc1cccc(C#N)c1-c1ccc2c(c1)c1c(-c3c(C#N)cccc3C#N)cccc1n2-c1cccc(-c2ccccc2)c1. The fraction of sp³-hybridized carbons (Fsp3) is 0. The summed E-state index contributed by atoms with van der Waals surface area (Å²) >= 11 is 0. The van der Waals surface area contributed by atoms with Gasteiger partial charge in [-0.1, -0.05) is 72.8 Å². The Morgan fingerprint density at radius 2 is 1.00 bits per heavy atom. The highest BCUT2D eigenvalue weighted by Crippen LogP contribution is 2.42. The lowest BCUT2D eigenvalue weighted by atomic mass is 9.90. The molecular weight excluding hydrogens is 550 g/mol. The van der Waals surface area contributed by atoms with Gasteiger partial charge in [-0.05, 0) is 76.9 Å². The van der Waals surface area contributed by atoms with Gasteiger partial charge in [-0.25, -0.2) is 0 Å². The summed E-state index contributed by atoms with van der Waals surface area (Å²) in [4.78, 5) is 0. The van der Waals surface area contributed by atoms with Crippen LogP contribution < -0.4 is 0 Å². The second kappa shape index (κ2) is 11.1. The molecule has 206 valence electrons. The van der Waals surface area contributed by atoms with Crippen LogP contribution in [0.5, 0.6) is 0 Å². The molecule has 5 nitrogen and oxygen atoms in total. The van der Waals surface area contributed by atoms with Crippen LogP contribution in [-0.2, 0) is 0 Å². The van der Waals surface area contributed by atoms with Gasteiger partial charge in [0.2, 0.25) is 0 Å². The molecule has 5 heteroatoms. The van der Waals surface area contributed by atoms with Crippen molar-refractivity contribution < 1.29 is 0 Å². The van der Waals surface area contributed by atoms with Crippen molar-refractivity contribution in [1.29, 1.82) is 21.0 Å². The molecule has 1 aromatic heterocycles. The zero-order valence-corrected chi connectivity index (χ0v) is 23.9. The lowest BCUT2D eigenvalue weighted by Crippen LogP contribution is -1.95. The van der Waals surface area contributed by atoms with E-state index in [1.54, 1.807) is 36.4 Å². The first-order valence-corrected chi connectivity index (χ1v) is 14.3. The average molecular weight is 572 g/mol. The summed E-state index contributed by atoms with van der Waals surface area (Å²) in [6.45, 7) is 0. The van der Waals surface area contributed by atoms with Crippen LogP contribution in [0.1, 0.15) is 22.3 Å². The van der Waals surface area contributed by atoms with Crippen molar-refractivity contribution in [3.8, 4) is 63.3 Å². The molecule has 0 aliphatic rings. The number of nitriles is 4. The maximum atomic E-state index is 10.1. The van der Waals surface area contributed by atoms with E-state index in [-0.39, 0.29) is 0 Å². The first-order valence-electron chi connectivity index (χ1n) is 14.3. The number of aromatic nitrogens is 1. The van der Waals surface area contributed by atoms with Gasteiger partial charge in [0.05, 0.1) is 57.6 Å². The van der Waals surface area contributed by atoms with Gasteiger partial charge in [0.25, 0.3) is 0 Å². The molecule has 0 spiro atoms. The van der Waals surface area contributed by atoms with Crippen LogP contribution >= 0.6 is 0 Å². The zero-order chi connectivity index (χ0) is 30.9. The molecule has 0 saturated heterocycles. The third-order valence-electron chi connectivity index (χ3n) is 8.17. The number of rotatable bonds is 4. The van der Waals surface area contributed by atoms with Crippen LogP contribution in [0.4, 0.5) is 0 Å². The summed E-state index contributed by atoms with van der Waals surface area (Å²) < 4.78 is 2.19. The monoisotopic (exact) mass is 571 g/mol. The van der Waals surface area contributed by atoms with Gasteiger partial charge in [-0.3, -0.25) is 0 Å². The maximum Gasteiger partial charge on any atom is 0.0998 e. The summed E-state index contributed by atoms with van der Waals surface area (Å²) in [5, 5.41) is 41.8. The highest BCUT2D eigenvalue weighted by molar-refractivity contribution is 6.17. The minimum Gasteiger partial charge on any atom is -0.309 e. The van der Waals surface area contributed by atoms with Crippen LogP contribution in [0.25, 0.3) is 60.9 Å². The maximum absolute atomic E-state index is 10.1. The van der Waals surface area contributed by atoms with Gasteiger partial charge >= 0.3 is 0 Å². The van der Waals surface area contributed by atoms with Gasteiger partial charge in [-0.15, -0.1) is 0 Å². The van der Waals surface area contributed by atoms with Crippen molar-refractivity contribution in [2.75, 3.05) is 0 Å². The second-order valence-electron chi connectivity index (χ2n) is 10.6. The summed E-state index contributed by atoms with van der Waals surface area (Å²) in [5.41, 5.74) is 9.21. The van der Waals surface area contributed by atoms with Gasteiger partial charge in [0, 0.05) is 27.6 Å². The minimum absolute atomic E-state index is 0.409. The largest absolute Gasteiger partial charge is 0.309 e. The van der Waals surface area contributed by atoms with Crippen LogP contribution in [0.2, 0.25) is 0 Å². The van der Waals surface area contributed by atoms with E-state index in [4.69, 9.17) is 0 Å². The molecule has 1 heterocycles. The molecule has 0 amide bonds. The Morgan fingerprint density at radius 1 is 0.422 bits per heavy atom. The van der Waals surface area contributed by atoms with Crippen molar-refractivity contribution >= 4 is 21.8 Å². The molecule has 0 saturated carbocycles.